The van der Waals surface area contributed by atoms with Gasteiger partial charge in [0, 0.05) is 25.8 Å². The molecule has 1 aromatic carbocycles. The third-order valence-corrected chi connectivity index (χ3v) is 4.64. The molecule has 1 amide bonds. The number of hydrogen-bond acceptors (Lipinski definition) is 7. The molecule has 2 aromatic rings. The molecule has 0 radical (unpaired) electrons. The van der Waals surface area contributed by atoms with Crippen LogP contribution in [0, 0.1) is 0 Å². The van der Waals surface area contributed by atoms with E-state index in [1.165, 1.54) is 0 Å². The number of amides is 1. The Bertz CT molecular complexity index is 692. The average molecular weight is 365 g/mol. The zero-order chi connectivity index (χ0) is 18.1. The van der Waals surface area contributed by atoms with Gasteiger partial charge in [0.25, 0.3) is 0 Å². The second-order valence-electron chi connectivity index (χ2n) is 5.33. The van der Waals surface area contributed by atoms with Crippen molar-refractivity contribution in [2.45, 2.75) is 24.4 Å². The van der Waals surface area contributed by atoms with Crippen LogP contribution in [0.2, 0.25) is 0 Å². The lowest BCUT2D eigenvalue weighted by atomic mass is 10.1. The Morgan fingerprint density at radius 1 is 1.28 bits per heavy atom. The highest BCUT2D eigenvalue weighted by atomic mass is 32.2. The Morgan fingerprint density at radius 2 is 2.08 bits per heavy atom. The molecule has 0 spiro atoms. The first-order valence-electron chi connectivity index (χ1n) is 7.96. The predicted octanol–water partition coefficient (Wildman–Crippen LogP) is 1.46. The van der Waals surface area contributed by atoms with Gasteiger partial charge in [-0.3, -0.25) is 4.79 Å². The summed E-state index contributed by atoms with van der Waals surface area (Å²) < 4.78 is 12.1. The van der Waals surface area contributed by atoms with Crippen LogP contribution in [0.15, 0.2) is 23.4 Å². The maximum atomic E-state index is 11.9. The molecule has 0 bridgehead atoms. The van der Waals surface area contributed by atoms with Crippen LogP contribution in [0.3, 0.4) is 0 Å². The number of carbonyl (C=O) groups is 1. The lowest BCUT2D eigenvalue weighted by Crippen LogP contribution is -2.25. The topological polar surface area (TPSA) is 91.2 Å². The smallest absolute Gasteiger partial charge is 0.220 e. The van der Waals surface area contributed by atoms with Gasteiger partial charge in [0.2, 0.25) is 11.1 Å². The second-order valence-corrected chi connectivity index (χ2v) is 6.39. The number of ether oxygens (including phenoxy) is 2. The van der Waals surface area contributed by atoms with E-state index in [1.807, 2.05) is 18.2 Å². The number of benzene rings is 1. The molecule has 25 heavy (non-hydrogen) atoms. The number of methoxy groups -OCH3 is 2. The minimum Gasteiger partial charge on any atom is -0.493 e. The zero-order valence-electron chi connectivity index (χ0n) is 14.7. The van der Waals surface area contributed by atoms with Crippen LogP contribution in [0.4, 0.5) is 0 Å². The second kappa shape index (κ2) is 9.87. The lowest BCUT2D eigenvalue weighted by molar-refractivity contribution is -0.121. The molecule has 2 rings (SSSR count). The molecule has 8 nitrogen and oxygen atoms in total. The SMILES string of the molecule is COc1ccc(CCNC(=O)CCCSc2nnnn2C)cc1OC. The molecule has 0 saturated heterocycles. The molecular weight excluding hydrogens is 342 g/mol. The van der Waals surface area contributed by atoms with E-state index in [0.717, 1.165) is 29.3 Å². The van der Waals surface area contributed by atoms with Crippen molar-refractivity contribution in [2.24, 2.45) is 7.05 Å². The molecule has 0 aliphatic carbocycles. The minimum absolute atomic E-state index is 0.0529. The number of thioether (sulfide) groups is 1. The predicted molar refractivity (Wildman–Crippen MR) is 95.0 cm³/mol. The van der Waals surface area contributed by atoms with E-state index >= 15 is 0 Å². The van der Waals surface area contributed by atoms with Crippen molar-refractivity contribution in [3.8, 4) is 11.5 Å². The van der Waals surface area contributed by atoms with Gasteiger partial charge < -0.3 is 14.8 Å². The number of nitrogens with zero attached hydrogens (tertiary/aromatic N) is 4. The van der Waals surface area contributed by atoms with Gasteiger partial charge in [0.1, 0.15) is 0 Å². The zero-order valence-corrected chi connectivity index (χ0v) is 15.5. The van der Waals surface area contributed by atoms with Gasteiger partial charge in [-0.25, -0.2) is 4.68 Å². The summed E-state index contributed by atoms with van der Waals surface area (Å²) in [6.07, 6.45) is 2.01. The summed E-state index contributed by atoms with van der Waals surface area (Å²) in [6, 6.07) is 5.77. The molecule has 0 saturated carbocycles. The fourth-order valence-electron chi connectivity index (χ4n) is 2.21. The third kappa shape index (κ3) is 5.93. The van der Waals surface area contributed by atoms with E-state index in [-0.39, 0.29) is 5.91 Å². The highest BCUT2D eigenvalue weighted by Crippen LogP contribution is 2.27. The molecule has 0 atom stereocenters. The maximum absolute atomic E-state index is 11.9. The first-order valence-corrected chi connectivity index (χ1v) is 8.95. The van der Waals surface area contributed by atoms with Crippen LogP contribution < -0.4 is 14.8 Å². The number of nitrogens with one attached hydrogen (secondary N) is 1. The summed E-state index contributed by atoms with van der Waals surface area (Å²) >= 11 is 1.55. The molecule has 1 aromatic heterocycles. The quantitative estimate of drug-likeness (QED) is 0.503. The molecule has 136 valence electrons. The number of rotatable bonds is 10. The van der Waals surface area contributed by atoms with E-state index in [0.29, 0.717) is 24.5 Å². The van der Waals surface area contributed by atoms with Crippen molar-refractivity contribution in [3.05, 3.63) is 23.8 Å². The molecule has 0 unspecified atom stereocenters. The van der Waals surface area contributed by atoms with E-state index in [4.69, 9.17) is 9.47 Å². The van der Waals surface area contributed by atoms with Crippen LogP contribution in [0.1, 0.15) is 18.4 Å². The Hall–Kier alpha value is -2.29. The number of tetrazole rings is 1. The van der Waals surface area contributed by atoms with Crippen LogP contribution in [-0.4, -0.2) is 52.6 Å². The highest BCUT2D eigenvalue weighted by Gasteiger charge is 2.07. The van der Waals surface area contributed by atoms with Crippen molar-refractivity contribution in [3.63, 3.8) is 0 Å². The van der Waals surface area contributed by atoms with Gasteiger partial charge in [-0.1, -0.05) is 17.8 Å². The standard InChI is InChI=1S/C16H23N5O3S/c1-21-16(18-19-20-21)25-10-4-5-15(22)17-9-8-12-6-7-13(23-2)14(11-12)24-3/h6-7,11H,4-5,8-10H2,1-3H3,(H,17,22). The summed E-state index contributed by atoms with van der Waals surface area (Å²) in [6.45, 7) is 0.592. The maximum Gasteiger partial charge on any atom is 0.220 e. The van der Waals surface area contributed by atoms with Crippen LogP contribution in [0.5, 0.6) is 11.5 Å². The summed E-state index contributed by atoms with van der Waals surface area (Å²) in [5, 5.41) is 14.9. The van der Waals surface area contributed by atoms with E-state index in [2.05, 4.69) is 20.8 Å². The van der Waals surface area contributed by atoms with Crippen molar-refractivity contribution in [2.75, 3.05) is 26.5 Å². The molecule has 1 N–H and O–H groups in total. The van der Waals surface area contributed by atoms with Gasteiger partial charge in [0.05, 0.1) is 14.2 Å². The minimum atomic E-state index is 0.0529. The lowest BCUT2D eigenvalue weighted by Gasteiger charge is -2.10. The van der Waals surface area contributed by atoms with Gasteiger partial charge in [-0.2, -0.15) is 0 Å². The van der Waals surface area contributed by atoms with Crippen molar-refractivity contribution >= 4 is 17.7 Å². The van der Waals surface area contributed by atoms with Crippen LogP contribution in [0.25, 0.3) is 0 Å². The van der Waals surface area contributed by atoms with Gasteiger partial charge in [0.15, 0.2) is 11.5 Å². The average Bonchev–Trinajstić information content (AvgIpc) is 3.03. The number of aryl methyl sites for hydroxylation is 1. The first kappa shape index (κ1) is 19.0. The van der Waals surface area contributed by atoms with E-state index < -0.39 is 0 Å². The first-order chi connectivity index (χ1) is 12.1. The van der Waals surface area contributed by atoms with Crippen molar-refractivity contribution in [1.29, 1.82) is 0 Å². The Balaban J connectivity index is 1.64. The largest absolute Gasteiger partial charge is 0.493 e. The molecular formula is C16H23N5O3S. The van der Waals surface area contributed by atoms with E-state index in [9.17, 15) is 4.79 Å². The molecule has 0 aliphatic heterocycles. The van der Waals surface area contributed by atoms with Gasteiger partial charge >= 0.3 is 0 Å². The number of hydrogen-bond donors (Lipinski definition) is 1. The summed E-state index contributed by atoms with van der Waals surface area (Å²) in [5.41, 5.74) is 1.09. The summed E-state index contributed by atoms with van der Waals surface area (Å²) in [7, 11) is 5.01. The normalized spacial score (nSPS) is 10.5. The summed E-state index contributed by atoms with van der Waals surface area (Å²) in [5.74, 6) is 2.25. The van der Waals surface area contributed by atoms with Crippen molar-refractivity contribution in [1.82, 2.24) is 25.5 Å². The monoisotopic (exact) mass is 365 g/mol. The Morgan fingerprint density at radius 3 is 2.76 bits per heavy atom. The molecule has 0 aliphatic rings. The molecule has 1 heterocycles. The third-order valence-electron chi connectivity index (χ3n) is 3.54. The highest BCUT2D eigenvalue weighted by molar-refractivity contribution is 7.99. The van der Waals surface area contributed by atoms with Crippen molar-refractivity contribution < 1.29 is 14.3 Å². The fraction of sp³-hybridized carbons (Fsp3) is 0.500. The van der Waals surface area contributed by atoms with Gasteiger partial charge in [-0.05, 0) is 41.0 Å². The van der Waals surface area contributed by atoms with E-state index in [1.54, 1.807) is 37.7 Å². The Labute approximate surface area is 151 Å². The fourth-order valence-corrected chi connectivity index (χ4v) is 3.00. The van der Waals surface area contributed by atoms with Crippen LogP contribution >= 0.6 is 11.8 Å². The van der Waals surface area contributed by atoms with Gasteiger partial charge in [-0.15, -0.1) is 5.10 Å². The molecule has 9 heteroatoms. The Kier molecular flexibility index (Phi) is 7.52. The number of carbonyl (C=O) groups excluding carboxylic acids is 1. The summed E-state index contributed by atoms with van der Waals surface area (Å²) in [4.78, 5) is 11.9. The van der Waals surface area contributed by atoms with Crippen LogP contribution in [-0.2, 0) is 18.3 Å². The molecule has 0 fully saturated rings. The number of aromatic nitrogens is 4.